The molecule has 6 nitrogen and oxygen atoms in total. The fourth-order valence-corrected chi connectivity index (χ4v) is 4.16. The normalized spacial score (nSPS) is 20.4. The van der Waals surface area contributed by atoms with Crippen molar-refractivity contribution in [2.75, 3.05) is 19.7 Å². The standard InChI is InChI=1S/C23H30N4O2/c1-3-28-21-15-18(10-9-17(21)2)16-26-13-11-20(12-14-26)27-22(25-29-23(27)24)19-7-5-4-6-8-19/h4-10,15,20,23H,3,11-14,16,24H2,1-2H3. The van der Waals surface area contributed by atoms with E-state index in [0.29, 0.717) is 12.6 Å². The molecule has 2 aromatic rings. The Morgan fingerprint density at radius 2 is 1.90 bits per heavy atom. The molecule has 1 unspecified atom stereocenters. The van der Waals surface area contributed by atoms with Gasteiger partial charge in [-0.05, 0) is 43.9 Å². The lowest BCUT2D eigenvalue weighted by molar-refractivity contribution is -0.0127. The molecule has 0 spiro atoms. The summed E-state index contributed by atoms with van der Waals surface area (Å²) < 4.78 is 5.75. The molecular weight excluding hydrogens is 364 g/mol. The number of amidine groups is 1. The van der Waals surface area contributed by atoms with Gasteiger partial charge in [0.05, 0.1) is 6.61 Å². The molecule has 1 fully saturated rings. The summed E-state index contributed by atoms with van der Waals surface area (Å²) in [6, 6.07) is 17.0. The van der Waals surface area contributed by atoms with Crippen LogP contribution in [-0.2, 0) is 11.4 Å². The van der Waals surface area contributed by atoms with E-state index in [1.807, 2.05) is 25.1 Å². The van der Waals surface area contributed by atoms with Crippen LogP contribution in [0.5, 0.6) is 5.75 Å². The van der Waals surface area contributed by atoms with Gasteiger partial charge in [-0.3, -0.25) is 10.6 Å². The highest BCUT2D eigenvalue weighted by Crippen LogP contribution is 2.26. The van der Waals surface area contributed by atoms with Crippen molar-refractivity contribution in [1.29, 1.82) is 0 Å². The first-order chi connectivity index (χ1) is 14.2. The lowest BCUT2D eigenvalue weighted by Crippen LogP contribution is -2.52. The minimum atomic E-state index is -0.507. The molecule has 2 aliphatic rings. The smallest absolute Gasteiger partial charge is 0.254 e. The predicted octanol–water partition coefficient (Wildman–Crippen LogP) is 3.29. The van der Waals surface area contributed by atoms with Gasteiger partial charge in [-0.25, -0.2) is 0 Å². The van der Waals surface area contributed by atoms with Gasteiger partial charge in [-0.15, -0.1) is 0 Å². The monoisotopic (exact) mass is 394 g/mol. The van der Waals surface area contributed by atoms with Crippen LogP contribution >= 0.6 is 0 Å². The Balaban J connectivity index is 1.38. The number of benzene rings is 2. The van der Waals surface area contributed by atoms with E-state index in [0.717, 1.165) is 49.6 Å². The molecule has 29 heavy (non-hydrogen) atoms. The summed E-state index contributed by atoms with van der Waals surface area (Å²) in [6.07, 6.45) is 1.56. The van der Waals surface area contributed by atoms with Gasteiger partial charge in [0, 0.05) is 31.2 Å². The summed E-state index contributed by atoms with van der Waals surface area (Å²) in [5, 5.41) is 4.26. The Hall–Kier alpha value is -2.57. The summed E-state index contributed by atoms with van der Waals surface area (Å²) in [6.45, 7) is 7.79. The van der Waals surface area contributed by atoms with Crippen LogP contribution in [0.25, 0.3) is 0 Å². The van der Waals surface area contributed by atoms with Crippen molar-refractivity contribution >= 4 is 5.84 Å². The summed E-state index contributed by atoms with van der Waals surface area (Å²) in [5.41, 5.74) is 9.75. The SMILES string of the molecule is CCOc1cc(CN2CCC(N3C(c4ccccc4)=NOC3N)CC2)ccc1C. The Bertz CT molecular complexity index is 847. The zero-order valence-electron chi connectivity index (χ0n) is 17.3. The van der Waals surface area contributed by atoms with Gasteiger partial charge >= 0.3 is 0 Å². The Labute approximate surface area is 172 Å². The van der Waals surface area contributed by atoms with Gasteiger partial charge in [-0.1, -0.05) is 47.6 Å². The molecule has 0 amide bonds. The average Bonchev–Trinajstić information content (AvgIpc) is 3.13. The fraction of sp³-hybridized carbons (Fsp3) is 0.435. The molecule has 4 rings (SSSR count). The number of rotatable bonds is 6. The second-order valence-electron chi connectivity index (χ2n) is 7.72. The van der Waals surface area contributed by atoms with Gasteiger partial charge in [0.15, 0.2) is 5.84 Å². The van der Waals surface area contributed by atoms with Crippen molar-refractivity contribution in [2.45, 2.75) is 45.6 Å². The van der Waals surface area contributed by atoms with Crippen LogP contribution in [0.1, 0.15) is 36.5 Å². The van der Waals surface area contributed by atoms with Crippen molar-refractivity contribution < 1.29 is 9.57 Å². The maximum Gasteiger partial charge on any atom is 0.254 e. The predicted molar refractivity (Wildman–Crippen MR) is 115 cm³/mol. The topological polar surface area (TPSA) is 63.3 Å². The van der Waals surface area contributed by atoms with E-state index >= 15 is 0 Å². The molecule has 2 heterocycles. The minimum Gasteiger partial charge on any atom is -0.494 e. The zero-order chi connectivity index (χ0) is 20.2. The Kier molecular flexibility index (Phi) is 6.02. The first-order valence-corrected chi connectivity index (χ1v) is 10.4. The molecule has 2 aliphatic heterocycles. The molecule has 154 valence electrons. The minimum absolute atomic E-state index is 0.333. The van der Waals surface area contributed by atoms with Gasteiger partial charge in [-0.2, -0.15) is 0 Å². The quantitative estimate of drug-likeness (QED) is 0.815. The molecular formula is C23H30N4O2. The van der Waals surface area contributed by atoms with E-state index in [1.165, 1.54) is 11.1 Å². The summed E-state index contributed by atoms with van der Waals surface area (Å²) in [5.74, 6) is 1.83. The number of ether oxygens (including phenoxy) is 1. The van der Waals surface area contributed by atoms with Crippen LogP contribution in [-0.4, -0.2) is 47.7 Å². The molecule has 2 aromatic carbocycles. The highest BCUT2D eigenvalue weighted by molar-refractivity contribution is 5.99. The number of hydrogen-bond donors (Lipinski definition) is 1. The average molecular weight is 395 g/mol. The maximum atomic E-state index is 6.22. The van der Waals surface area contributed by atoms with Crippen LogP contribution < -0.4 is 10.5 Å². The van der Waals surface area contributed by atoms with E-state index in [9.17, 15) is 0 Å². The molecule has 0 aliphatic carbocycles. The maximum absolute atomic E-state index is 6.22. The fourth-order valence-electron chi connectivity index (χ4n) is 4.16. The lowest BCUT2D eigenvalue weighted by atomic mass is 10.0. The highest BCUT2D eigenvalue weighted by atomic mass is 16.7. The highest BCUT2D eigenvalue weighted by Gasteiger charge is 2.36. The number of hydrogen-bond acceptors (Lipinski definition) is 6. The molecule has 0 aromatic heterocycles. The number of aryl methyl sites for hydroxylation is 1. The number of likely N-dealkylation sites (tertiary alicyclic amines) is 1. The van der Waals surface area contributed by atoms with Gasteiger partial charge in [0.2, 0.25) is 0 Å². The van der Waals surface area contributed by atoms with Crippen molar-refractivity contribution in [3.05, 3.63) is 65.2 Å². The van der Waals surface area contributed by atoms with Crippen molar-refractivity contribution in [3.63, 3.8) is 0 Å². The third kappa shape index (κ3) is 4.38. The van der Waals surface area contributed by atoms with E-state index in [-0.39, 0.29) is 0 Å². The summed E-state index contributed by atoms with van der Waals surface area (Å²) in [7, 11) is 0. The first kappa shape index (κ1) is 19.7. The third-order valence-electron chi connectivity index (χ3n) is 5.71. The van der Waals surface area contributed by atoms with E-state index in [1.54, 1.807) is 0 Å². The number of nitrogens with zero attached hydrogens (tertiary/aromatic N) is 3. The molecule has 1 saturated heterocycles. The lowest BCUT2D eigenvalue weighted by Gasteiger charge is -2.38. The Morgan fingerprint density at radius 3 is 2.62 bits per heavy atom. The van der Waals surface area contributed by atoms with Crippen molar-refractivity contribution in [2.24, 2.45) is 10.9 Å². The molecule has 1 atom stereocenters. The van der Waals surface area contributed by atoms with Crippen LogP contribution in [0.15, 0.2) is 53.7 Å². The van der Waals surface area contributed by atoms with Crippen LogP contribution in [0, 0.1) is 6.92 Å². The number of nitrogens with two attached hydrogens (primary N) is 1. The first-order valence-electron chi connectivity index (χ1n) is 10.4. The number of piperidine rings is 1. The second-order valence-corrected chi connectivity index (χ2v) is 7.72. The van der Waals surface area contributed by atoms with Crippen LogP contribution in [0.4, 0.5) is 0 Å². The van der Waals surface area contributed by atoms with Crippen LogP contribution in [0.3, 0.4) is 0 Å². The summed E-state index contributed by atoms with van der Waals surface area (Å²) in [4.78, 5) is 10.1. The van der Waals surface area contributed by atoms with Crippen LogP contribution in [0.2, 0.25) is 0 Å². The van der Waals surface area contributed by atoms with E-state index in [4.69, 9.17) is 15.3 Å². The molecule has 0 bridgehead atoms. The molecule has 0 saturated carbocycles. The summed E-state index contributed by atoms with van der Waals surface area (Å²) >= 11 is 0. The molecule has 0 radical (unpaired) electrons. The van der Waals surface area contributed by atoms with E-state index in [2.05, 4.69) is 52.2 Å². The van der Waals surface area contributed by atoms with Gasteiger partial charge < -0.3 is 14.5 Å². The second kappa shape index (κ2) is 8.84. The van der Waals surface area contributed by atoms with E-state index < -0.39 is 6.35 Å². The largest absolute Gasteiger partial charge is 0.494 e. The molecule has 2 N–H and O–H groups in total. The molecule has 6 heteroatoms. The van der Waals surface area contributed by atoms with Gasteiger partial charge in [0.25, 0.3) is 6.35 Å². The van der Waals surface area contributed by atoms with Crippen molar-refractivity contribution in [3.8, 4) is 5.75 Å². The number of oxime groups is 1. The van der Waals surface area contributed by atoms with Crippen molar-refractivity contribution in [1.82, 2.24) is 9.80 Å². The third-order valence-corrected chi connectivity index (χ3v) is 5.71. The zero-order valence-corrected chi connectivity index (χ0v) is 17.3. The van der Waals surface area contributed by atoms with Gasteiger partial charge in [0.1, 0.15) is 5.75 Å². The Morgan fingerprint density at radius 1 is 1.14 bits per heavy atom.